The molecule has 2 atom stereocenters. The molecule has 0 bridgehead atoms. The highest BCUT2D eigenvalue weighted by Crippen LogP contribution is 2.43. The molecular weight excluding hydrogens is 230 g/mol. The minimum atomic E-state index is 0.544. The molecule has 2 heteroatoms. The maximum Gasteiger partial charge on any atom is 0.0406 e. The van der Waals surface area contributed by atoms with Gasteiger partial charge in [0.25, 0.3) is 0 Å². The number of hydrogen-bond donors (Lipinski definition) is 1. The van der Waals surface area contributed by atoms with Gasteiger partial charge in [0.05, 0.1) is 0 Å². The van der Waals surface area contributed by atoms with Crippen LogP contribution in [0.3, 0.4) is 0 Å². The molecule has 1 aromatic rings. The van der Waals surface area contributed by atoms with Crippen LogP contribution in [0.4, 0.5) is 0 Å². The second kappa shape index (κ2) is 4.62. The second-order valence-corrected chi connectivity index (χ2v) is 6.10. The fourth-order valence-electron chi connectivity index (χ4n) is 2.62. The van der Waals surface area contributed by atoms with Crippen LogP contribution in [0.1, 0.15) is 44.2 Å². The Morgan fingerprint density at radius 2 is 1.65 bits per heavy atom. The van der Waals surface area contributed by atoms with Gasteiger partial charge in [0.1, 0.15) is 0 Å². The third-order valence-corrected chi connectivity index (χ3v) is 4.35. The molecule has 2 unspecified atom stereocenters. The number of nitrogens with one attached hydrogen (secondary N) is 1. The van der Waals surface area contributed by atoms with Crippen LogP contribution in [0.15, 0.2) is 24.3 Å². The van der Waals surface area contributed by atoms with Crippen molar-refractivity contribution in [3.8, 4) is 0 Å². The molecule has 3 rings (SSSR count). The average Bonchev–Trinajstić information content (AvgIpc) is 3.18. The van der Waals surface area contributed by atoms with Crippen molar-refractivity contribution in [3.05, 3.63) is 34.9 Å². The summed E-state index contributed by atoms with van der Waals surface area (Å²) in [5.41, 5.74) is 1.41. The number of halogens is 1. The van der Waals surface area contributed by atoms with Gasteiger partial charge in [-0.05, 0) is 62.1 Å². The van der Waals surface area contributed by atoms with Gasteiger partial charge in [0, 0.05) is 17.1 Å². The predicted molar refractivity (Wildman–Crippen MR) is 72.2 cm³/mol. The summed E-state index contributed by atoms with van der Waals surface area (Å²) in [5, 5.41) is 4.67. The molecule has 2 fully saturated rings. The zero-order valence-electron chi connectivity index (χ0n) is 10.3. The highest BCUT2D eigenvalue weighted by Gasteiger charge is 2.36. The van der Waals surface area contributed by atoms with Crippen LogP contribution >= 0.6 is 11.6 Å². The summed E-state index contributed by atoms with van der Waals surface area (Å²) in [4.78, 5) is 0. The number of hydrogen-bond acceptors (Lipinski definition) is 1. The van der Waals surface area contributed by atoms with Gasteiger partial charge in [-0.25, -0.2) is 0 Å². The summed E-state index contributed by atoms with van der Waals surface area (Å²) in [5.74, 6) is 1.76. The third kappa shape index (κ3) is 2.83. The minimum Gasteiger partial charge on any atom is -0.307 e. The highest BCUT2D eigenvalue weighted by molar-refractivity contribution is 6.30. The molecule has 0 saturated heterocycles. The van der Waals surface area contributed by atoms with E-state index in [0.717, 1.165) is 16.9 Å². The van der Waals surface area contributed by atoms with E-state index in [1.54, 1.807) is 0 Å². The van der Waals surface area contributed by atoms with Crippen LogP contribution in [0, 0.1) is 11.8 Å². The molecule has 92 valence electrons. The molecule has 1 aromatic carbocycles. The van der Waals surface area contributed by atoms with E-state index in [0.29, 0.717) is 12.1 Å². The van der Waals surface area contributed by atoms with E-state index in [9.17, 15) is 0 Å². The fraction of sp³-hybridized carbons (Fsp3) is 0.600. The maximum absolute atomic E-state index is 5.96. The van der Waals surface area contributed by atoms with Crippen molar-refractivity contribution in [3.63, 3.8) is 0 Å². The lowest BCUT2D eigenvalue weighted by atomic mass is 10.0. The van der Waals surface area contributed by atoms with E-state index >= 15 is 0 Å². The van der Waals surface area contributed by atoms with Gasteiger partial charge in [0.15, 0.2) is 0 Å². The molecule has 1 nitrogen and oxygen atoms in total. The van der Waals surface area contributed by atoms with Crippen LogP contribution in [-0.4, -0.2) is 6.04 Å². The molecule has 2 aliphatic rings. The Bertz CT molecular complexity index is 378. The summed E-state index contributed by atoms with van der Waals surface area (Å²) in [6.45, 7) is 2.34. The first-order chi connectivity index (χ1) is 8.24. The molecule has 2 saturated carbocycles. The molecule has 0 spiro atoms. The van der Waals surface area contributed by atoms with E-state index in [1.165, 1.54) is 31.2 Å². The quantitative estimate of drug-likeness (QED) is 0.826. The van der Waals surface area contributed by atoms with Crippen molar-refractivity contribution in [2.45, 2.75) is 44.7 Å². The van der Waals surface area contributed by atoms with Crippen LogP contribution in [0.25, 0.3) is 0 Å². The van der Waals surface area contributed by atoms with Crippen LogP contribution < -0.4 is 5.32 Å². The second-order valence-electron chi connectivity index (χ2n) is 5.66. The van der Waals surface area contributed by atoms with E-state index in [1.807, 2.05) is 12.1 Å². The summed E-state index contributed by atoms with van der Waals surface area (Å²) < 4.78 is 0. The summed E-state index contributed by atoms with van der Waals surface area (Å²) in [6.07, 6.45) is 5.56. The molecule has 1 N–H and O–H groups in total. The van der Waals surface area contributed by atoms with Gasteiger partial charge in [-0.3, -0.25) is 0 Å². The van der Waals surface area contributed by atoms with Gasteiger partial charge in [-0.1, -0.05) is 23.7 Å². The lowest BCUT2D eigenvalue weighted by molar-refractivity contribution is 0.392. The van der Waals surface area contributed by atoms with E-state index in [2.05, 4.69) is 24.4 Å². The molecule has 0 aromatic heterocycles. The Morgan fingerprint density at radius 3 is 2.18 bits per heavy atom. The van der Waals surface area contributed by atoms with Crippen molar-refractivity contribution in [2.24, 2.45) is 11.8 Å². The SMILES string of the molecule is CC(NC(c1ccc(Cl)cc1)C1CC1)C1CC1. The van der Waals surface area contributed by atoms with Crippen molar-refractivity contribution >= 4 is 11.6 Å². The zero-order chi connectivity index (χ0) is 11.8. The third-order valence-electron chi connectivity index (χ3n) is 4.09. The first kappa shape index (κ1) is 11.6. The highest BCUT2D eigenvalue weighted by atomic mass is 35.5. The Labute approximate surface area is 109 Å². The predicted octanol–water partition coefficient (Wildman–Crippen LogP) is 4.18. The van der Waals surface area contributed by atoms with Gasteiger partial charge in [0.2, 0.25) is 0 Å². The van der Waals surface area contributed by atoms with E-state index < -0.39 is 0 Å². The van der Waals surface area contributed by atoms with Crippen molar-refractivity contribution in [2.75, 3.05) is 0 Å². The Kier molecular flexibility index (Phi) is 3.14. The van der Waals surface area contributed by atoms with Crippen molar-refractivity contribution in [1.82, 2.24) is 5.32 Å². The molecule has 0 amide bonds. The lowest BCUT2D eigenvalue weighted by Gasteiger charge is -2.23. The number of benzene rings is 1. The average molecular weight is 250 g/mol. The molecule has 0 aliphatic heterocycles. The molecule has 0 heterocycles. The van der Waals surface area contributed by atoms with Gasteiger partial charge >= 0.3 is 0 Å². The first-order valence-corrected chi connectivity index (χ1v) is 7.13. The van der Waals surface area contributed by atoms with Gasteiger partial charge in [-0.15, -0.1) is 0 Å². The first-order valence-electron chi connectivity index (χ1n) is 6.75. The largest absolute Gasteiger partial charge is 0.307 e. The van der Waals surface area contributed by atoms with Crippen LogP contribution in [0.2, 0.25) is 5.02 Å². The topological polar surface area (TPSA) is 12.0 Å². The zero-order valence-corrected chi connectivity index (χ0v) is 11.1. The summed E-state index contributed by atoms with van der Waals surface area (Å²) in [7, 11) is 0. The van der Waals surface area contributed by atoms with Crippen molar-refractivity contribution in [1.29, 1.82) is 0 Å². The summed E-state index contributed by atoms with van der Waals surface area (Å²) in [6, 6.07) is 9.58. The van der Waals surface area contributed by atoms with Crippen LogP contribution in [-0.2, 0) is 0 Å². The summed E-state index contributed by atoms with van der Waals surface area (Å²) >= 11 is 5.96. The Hall–Kier alpha value is -0.530. The van der Waals surface area contributed by atoms with Gasteiger partial charge in [-0.2, -0.15) is 0 Å². The monoisotopic (exact) mass is 249 g/mol. The molecule has 2 aliphatic carbocycles. The minimum absolute atomic E-state index is 0.544. The van der Waals surface area contributed by atoms with E-state index in [4.69, 9.17) is 11.6 Å². The Balaban J connectivity index is 1.72. The smallest absolute Gasteiger partial charge is 0.0406 e. The normalized spacial score (nSPS) is 23.4. The van der Waals surface area contributed by atoms with Crippen molar-refractivity contribution < 1.29 is 0 Å². The van der Waals surface area contributed by atoms with Gasteiger partial charge < -0.3 is 5.32 Å². The van der Waals surface area contributed by atoms with Crippen LogP contribution in [0.5, 0.6) is 0 Å². The fourth-order valence-corrected chi connectivity index (χ4v) is 2.75. The molecular formula is C15H20ClN. The molecule has 0 radical (unpaired) electrons. The Morgan fingerprint density at radius 1 is 1.06 bits per heavy atom. The van der Waals surface area contributed by atoms with E-state index in [-0.39, 0.29) is 0 Å². The lowest BCUT2D eigenvalue weighted by Crippen LogP contribution is -2.33. The maximum atomic E-state index is 5.96. The number of rotatable bonds is 5. The standard InChI is InChI=1S/C15H20ClN/c1-10(11-2-3-11)17-15(12-4-5-12)13-6-8-14(16)9-7-13/h6-12,15,17H,2-5H2,1H3. The molecule has 17 heavy (non-hydrogen) atoms.